The molecule has 22 heavy (non-hydrogen) atoms. The predicted octanol–water partition coefficient (Wildman–Crippen LogP) is 4.82. The van der Waals surface area contributed by atoms with E-state index in [1.54, 1.807) is 0 Å². The lowest BCUT2D eigenvalue weighted by molar-refractivity contribution is -0.153. The lowest BCUT2D eigenvalue weighted by Crippen LogP contribution is -2.30. The van der Waals surface area contributed by atoms with Gasteiger partial charge >= 0.3 is 5.97 Å². The Bertz CT molecular complexity index is 684. The van der Waals surface area contributed by atoms with E-state index in [0.29, 0.717) is 0 Å². The number of carbonyl (C=O) groups excluding carboxylic acids is 1. The van der Waals surface area contributed by atoms with Gasteiger partial charge in [0.05, 0.1) is 0 Å². The topological polar surface area (TPSA) is 35.5 Å². The molecular weight excluding hydrogens is 344 g/mol. The minimum Gasteiger partial charge on any atom is -0.485 e. The van der Waals surface area contributed by atoms with Crippen molar-refractivity contribution in [2.45, 2.75) is 26.1 Å². The Hall–Kier alpha value is -1.81. The third-order valence-corrected chi connectivity index (χ3v) is 4.40. The molecule has 0 bridgehead atoms. The Morgan fingerprint density at radius 1 is 1.18 bits per heavy atom. The molecular formula is C18H17BrO3. The molecule has 1 heterocycles. The number of ether oxygens (including phenoxy) is 2. The molecule has 0 spiro atoms. The molecule has 0 aromatic heterocycles. The monoisotopic (exact) mass is 360 g/mol. The Morgan fingerprint density at radius 3 is 2.59 bits per heavy atom. The maximum Gasteiger partial charge on any atom is 0.303 e. The summed E-state index contributed by atoms with van der Waals surface area (Å²) in [6, 6.07) is 15.8. The molecule has 0 aliphatic carbocycles. The van der Waals surface area contributed by atoms with Gasteiger partial charge in [-0.1, -0.05) is 53.2 Å². The van der Waals surface area contributed by atoms with Crippen LogP contribution < -0.4 is 4.74 Å². The van der Waals surface area contributed by atoms with E-state index in [0.717, 1.165) is 21.3 Å². The highest BCUT2D eigenvalue weighted by atomic mass is 79.9. The van der Waals surface area contributed by atoms with E-state index in [1.165, 1.54) is 6.92 Å². The van der Waals surface area contributed by atoms with Gasteiger partial charge in [0, 0.05) is 22.9 Å². The average molecular weight is 361 g/mol. The van der Waals surface area contributed by atoms with Gasteiger partial charge < -0.3 is 9.47 Å². The number of halogens is 1. The number of carbonyl (C=O) groups is 1. The largest absolute Gasteiger partial charge is 0.485 e. The molecule has 0 saturated carbocycles. The van der Waals surface area contributed by atoms with E-state index in [1.807, 2.05) is 48.5 Å². The minimum atomic E-state index is -0.316. The van der Waals surface area contributed by atoms with Crippen molar-refractivity contribution in [3.63, 3.8) is 0 Å². The van der Waals surface area contributed by atoms with E-state index in [-0.39, 0.29) is 24.1 Å². The first-order valence-corrected chi connectivity index (χ1v) is 8.04. The Morgan fingerprint density at radius 2 is 1.91 bits per heavy atom. The molecule has 4 heteroatoms. The molecule has 1 aliphatic heterocycles. The van der Waals surface area contributed by atoms with Crippen LogP contribution in [0.3, 0.4) is 0 Å². The van der Waals surface area contributed by atoms with Gasteiger partial charge in [0.25, 0.3) is 0 Å². The summed E-state index contributed by atoms with van der Waals surface area (Å²) < 4.78 is 12.7. The third-order valence-electron chi connectivity index (χ3n) is 3.91. The fraction of sp³-hybridized carbons (Fsp3) is 0.278. The maximum atomic E-state index is 11.5. The van der Waals surface area contributed by atoms with Crippen molar-refractivity contribution in [2.75, 3.05) is 0 Å². The van der Waals surface area contributed by atoms with Crippen molar-refractivity contribution in [2.24, 2.45) is 5.92 Å². The minimum absolute atomic E-state index is 0.0214. The Kier molecular flexibility index (Phi) is 4.21. The standard InChI is InChI=1S/C18H17BrO3/c1-11-17(13-6-4-3-5-7-13)22-16-9-8-14(19)10-15(16)18(11)21-12(2)20/h3-11,17-18H,1-2H3/t11-,17-,18-/m1/s1. The van der Waals surface area contributed by atoms with Gasteiger partial charge in [0.1, 0.15) is 18.0 Å². The molecule has 2 aromatic carbocycles. The van der Waals surface area contributed by atoms with Gasteiger partial charge in [0.2, 0.25) is 0 Å². The second kappa shape index (κ2) is 6.13. The van der Waals surface area contributed by atoms with Gasteiger partial charge in [-0.25, -0.2) is 0 Å². The van der Waals surface area contributed by atoms with Gasteiger partial charge in [-0.3, -0.25) is 4.79 Å². The van der Waals surface area contributed by atoms with Crippen LogP contribution in [0.2, 0.25) is 0 Å². The van der Waals surface area contributed by atoms with Crippen molar-refractivity contribution in [3.05, 3.63) is 64.1 Å². The molecule has 0 fully saturated rings. The zero-order chi connectivity index (χ0) is 15.7. The fourth-order valence-corrected chi connectivity index (χ4v) is 3.28. The molecule has 2 aromatic rings. The SMILES string of the molecule is CC(=O)O[C@H]1c2cc(Br)ccc2O[C@@H](c2ccccc2)[C@H]1C. The van der Waals surface area contributed by atoms with Gasteiger partial charge in [0.15, 0.2) is 0 Å². The number of rotatable bonds is 2. The summed E-state index contributed by atoms with van der Waals surface area (Å²) in [7, 11) is 0. The van der Waals surface area contributed by atoms with Crippen LogP contribution in [0.15, 0.2) is 53.0 Å². The zero-order valence-electron chi connectivity index (χ0n) is 12.5. The number of hydrogen-bond donors (Lipinski definition) is 0. The van der Waals surface area contributed by atoms with Crippen LogP contribution in [0.4, 0.5) is 0 Å². The van der Waals surface area contributed by atoms with Crippen molar-refractivity contribution >= 4 is 21.9 Å². The molecule has 3 nitrogen and oxygen atoms in total. The molecule has 0 radical (unpaired) electrons. The third kappa shape index (κ3) is 2.88. The molecule has 0 amide bonds. The number of esters is 1. The van der Waals surface area contributed by atoms with E-state index in [4.69, 9.17) is 9.47 Å². The van der Waals surface area contributed by atoms with E-state index in [2.05, 4.69) is 22.9 Å². The second-order valence-corrected chi connectivity index (χ2v) is 6.44. The zero-order valence-corrected chi connectivity index (χ0v) is 14.0. The lowest BCUT2D eigenvalue weighted by Gasteiger charge is -2.37. The summed E-state index contributed by atoms with van der Waals surface area (Å²) in [5.74, 6) is 0.506. The molecule has 114 valence electrons. The van der Waals surface area contributed by atoms with Crippen LogP contribution in [0.25, 0.3) is 0 Å². The van der Waals surface area contributed by atoms with Crippen molar-refractivity contribution in [1.29, 1.82) is 0 Å². The first-order valence-electron chi connectivity index (χ1n) is 7.24. The van der Waals surface area contributed by atoms with Crippen LogP contribution in [0.5, 0.6) is 5.75 Å². The summed E-state index contributed by atoms with van der Waals surface area (Å²) in [4.78, 5) is 11.5. The predicted molar refractivity (Wildman–Crippen MR) is 87.6 cm³/mol. The summed E-state index contributed by atoms with van der Waals surface area (Å²) in [5, 5.41) is 0. The molecule has 3 atom stereocenters. The highest BCUT2D eigenvalue weighted by molar-refractivity contribution is 9.10. The first-order chi connectivity index (χ1) is 10.6. The summed E-state index contributed by atoms with van der Waals surface area (Å²) in [6.45, 7) is 3.49. The van der Waals surface area contributed by atoms with Crippen molar-refractivity contribution in [1.82, 2.24) is 0 Å². The molecule has 3 rings (SSSR count). The summed E-state index contributed by atoms with van der Waals surface area (Å²) in [5.41, 5.74) is 1.99. The Balaban J connectivity index is 2.04. The molecule has 0 N–H and O–H groups in total. The fourth-order valence-electron chi connectivity index (χ4n) is 2.90. The average Bonchev–Trinajstić information content (AvgIpc) is 2.51. The molecule has 1 aliphatic rings. The van der Waals surface area contributed by atoms with E-state index in [9.17, 15) is 4.79 Å². The van der Waals surface area contributed by atoms with Gasteiger partial charge in [-0.15, -0.1) is 0 Å². The highest BCUT2D eigenvalue weighted by Gasteiger charge is 2.38. The molecule has 0 saturated heterocycles. The van der Waals surface area contributed by atoms with Crippen LogP contribution in [0.1, 0.15) is 37.2 Å². The van der Waals surface area contributed by atoms with Crippen LogP contribution in [0, 0.1) is 5.92 Å². The van der Waals surface area contributed by atoms with Crippen LogP contribution in [-0.4, -0.2) is 5.97 Å². The lowest BCUT2D eigenvalue weighted by atomic mass is 9.85. The normalized spacial score (nSPS) is 23.3. The van der Waals surface area contributed by atoms with E-state index >= 15 is 0 Å². The van der Waals surface area contributed by atoms with Crippen LogP contribution in [-0.2, 0) is 9.53 Å². The van der Waals surface area contributed by atoms with E-state index < -0.39 is 0 Å². The number of hydrogen-bond acceptors (Lipinski definition) is 3. The smallest absolute Gasteiger partial charge is 0.303 e. The number of benzene rings is 2. The maximum absolute atomic E-state index is 11.5. The summed E-state index contributed by atoms with van der Waals surface area (Å²) in [6.07, 6.45) is -0.455. The Labute approximate surface area is 138 Å². The van der Waals surface area contributed by atoms with Crippen molar-refractivity contribution < 1.29 is 14.3 Å². The molecule has 0 unspecified atom stereocenters. The van der Waals surface area contributed by atoms with Crippen LogP contribution >= 0.6 is 15.9 Å². The summed E-state index contributed by atoms with van der Waals surface area (Å²) >= 11 is 3.47. The van der Waals surface area contributed by atoms with Gasteiger partial charge in [-0.05, 0) is 23.8 Å². The number of fused-ring (bicyclic) bond motifs is 1. The van der Waals surface area contributed by atoms with Gasteiger partial charge in [-0.2, -0.15) is 0 Å². The highest BCUT2D eigenvalue weighted by Crippen LogP contribution is 2.47. The first kappa shape index (κ1) is 15.1. The quantitative estimate of drug-likeness (QED) is 0.720. The second-order valence-electron chi connectivity index (χ2n) is 5.52. The van der Waals surface area contributed by atoms with Crippen molar-refractivity contribution in [3.8, 4) is 5.75 Å².